The van der Waals surface area contributed by atoms with E-state index in [1.807, 2.05) is 49.4 Å². The first-order valence-corrected chi connectivity index (χ1v) is 7.85. The minimum atomic E-state index is -0.688. The number of hydrogen-bond acceptors (Lipinski definition) is 2. The summed E-state index contributed by atoms with van der Waals surface area (Å²) in [4.78, 5) is 0. The molecule has 2 aromatic rings. The Hall–Kier alpha value is -0.590. The van der Waals surface area contributed by atoms with Crippen LogP contribution in [0.4, 0.5) is 0 Å². The van der Waals surface area contributed by atoms with E-state index in [-0.39, 0.29) is 0 Å². The number of aliphatic hydroxyl groups excluding tert-OH is 1. The Labute approximate surface area is 135 Å². The Morgan fingerprint density at radius 1 is 1.21 bits per heavy atom. The van der Waals surface area contributed by atoms with Gasteiger partial charge in [0.15, 0.2) is 0 Å². The van der Waals surface area contributed by atoms with Gasteiger partial charge in [-0.25, -0.2) is 0 Å². The van der Waals surface area contributed by atoms with Gasteiger partial charge in [-0.2, -0.15) is 0 Å². The summed E-state index contributed by atoms with van der Waals surface area (Å²) in [5.74, 6) is 0.730. The average molecular weight is 433 g/mol. The van der Waals surface area contributed by atoms with Crippen molar-refractivity contribution in [2.75, 3.05) is 6.61 Å². The van der Waals surface area contributed by atoms with Crippen LogP contribution >= 0.6 is 38.5 Å². The van der Waals surface area contributed by atoms with E-state index in [1.165, 1.54) is 0 Å². The first-order chi connectivity index (χ1) is 9.13. The number of para-hydroxylation sites is 1. The van der Waals surface area contributed by atoms with Gasteiger partial charge < -0.3 is 9.84 Å². The second-order valence-electron chi connectivity index (χ2n) is 4.04. The van der Waals surface area contributed by atoms with Crippen molar-refractivity contribution in [2.45, 2.75) is 13.0 Å². The highest BCUT2D eigenvalue weighted by atomic mass is 127. The molecular formula is C15H14BrIO2. The molecule has 0 saturated carbocycles. The molecule has 4 heteroatoms. The predicted octanol–water partition coefficient (Wildman–Crippen LogP) is 4.53. The van der Waals surface area contributed by atoms with Gasteiger partial charge in [0.05, 0.1) is 6.61 Å². The molecule has 0 bridgehead atoms. The first-order valence-electron chi connectivity index (χ1n) is 5.98. The predicted molar refractivity (Wildman–Crippen MR) is 88.5 cm³/mol. The lowest BCUT2D eigenvalue weighted by Gasteiger charge is -2.17. The van der Waals surface area contributed by atoms with Crippen LogP contribution in [0.25, 0.3) is 0 Å². The summed E-state index contributed by atoms with van der Waals surface area (Å²) in [5.41, 5.74) is 1.67. The fourth-order valence-corrected chi connectivity index (χ4v) is 2.89. The van der Waals surface area contributed by atoms with Crippen molar-refractivity contribution >= 4 is 38.5 Å². The molecule has 2 rings (SSSR count). The molecule has 0 fully saturated rings. The van der Waals surface area contributed by atoms with Gasteiger partial charge in [0.25, 0.3) is 0 Å². The van der Waals surface area contributed by atoms with Crippen LogP contribution in [0.3, 0.4) is 0 Å². The van der Waals surface area contributed by atoms with E-state index >= 15 is 0 Å². The standard InChI is InChI=1S/C15H14BrIO2/c1-2-19-14-6-4-3-5-11(14)15(18)12-9-10(16)7-8-13(12)17/h3-9,15,18H,2H2,1H3. The van der Waals surface area contributed by atoms with Crippen molar-refractivity contribution < 1.29 is 9.84 Å². The van der Waals surface area contributed by atoms with Crippen LogP contribution in [0.15, 0.2) is 46.9 Å². The lowest BCUT2D eigenvalue weighted by Crippen LogP contribution is -2.05. The summed E-state index contributed by atoms with van der Waals surface area (Å²) in [6, 6.07) is 13.5. The van der Waals surface area contributed by atoms with Crippen LogP contribution in [-0.2, 0) is 0 Å². The van der Waals surface area contributed by atoms with Gasteiger partial charge in [0.2, 0.25) is 0 Å². The molecule has 1 unspecified atom stereocenters. The first kappa shape index (κ1) is 14.8. The van der Waals surface area contributed by atoms with Gasteiger partial charge in [0.1, 0.15) is 11.9 Å². The molecular weight excluding hydrogens is 419 g/mol. The number of rotatable bonds is 4. The van der Waals surface area contributed by atoms with Gasteiger partial charge in [-0.3, -0.25) is 0 Å². The highest BCUT2D eigenvalue weighted by Gasteiger charge is 2.17. The molecule has 1 N–H and O–H groups in total. The Kier molecular flexibility index (Phi) is 5.24. The summed E-state index contributed by atoms with van der Waals surface area (Å²) in [6.07, 6.45) is -0.688. The molecule has 0 aliphatic heterocycles. The maximum atomic E-state index is 10.6. The van der Waals surface area contributed by atoms with Gasteiger partial charge in [-0.1, -0.05) is 34.1 Å². The molecule has 0 spiro atoms. The van der Waals surface area contributed by atoms with Crippen molar-refractivity contribution in [1.29, 1.82) is 0 Å². The van der Waals surface area contributed by atoms with E-state index in [9.17, 15) is 5.11 Å². The zero-order valence-corrected chi connectivity index (χ0v) is 14.2. The molecule has 0 amide bonds. The number of benzene rings is 2. The molecule has 1 atom stereocenters. The van der Waals surface area contributed by atoms with E-state index in [0.717, 1.165) is 24.9 Å². The van der Waals surface area contributed by atoms with E-state index in [0.29, 0.717) is 6.61 Å². The van der Waals surface area contributed by atoms with Crippen LogP contribution in [0, 0.1) is 3.57 Å². The average Bonchev–Trinajstić information content (AvgIpc) is 2.42. The van der Waals surface area contributed by atoms with Gasteiger partial charge >= 0.3 is 0 Å². The second kappa shape index (κ2) is 6.72. The Morgan fingerprint density at radius 3 is 2.68 bits per heavy atom. The largest absolute Gasteiger partial charge is 0.493 e. The maximum absolute atomic E-state index is 10.6. The Balaban J connectivity index is 2.43. The van der Waals surface area contributed by atoms with Crippen molar-refractivity contribution in [3.05, 3.63) is 61.6 Å². The normalized spacial score (nSPS) is 12.2. The van der Waals surface area contributed by atoms with Crippen molar-refractivity contribution in [2.24, 2.45) is 0 Å². The third-order valence-corrected chi connectivity index (χ3v) is 4.24. The van der Waals surface area contributed by atoms with E-state index in [2.05, 4.69) is 38.5 Å². The smallest absolute Gasteiger partial charge is 0.125 e. The molecule has 19 heavy (non-hydrogen) atoms. The van der Waals surface area contributed by atoms with Crippen LogP contribution < -0.4 is 4.74 Å². The van der Waals surface area contributed by atoms with Crippen LogP contribution in [0.1, 0.15) is 24.2 Å². The van der Waals surface area contributed by atoms with E-state index in [4.69, 9.17) is 4.74 Å². The summed E-state index contributed by atoms with van der Waals surface area (Å²) in [7, 11) is 0. The fraction of sp³-hybridized carbons (Fsp3) is 0.200. The Bertz CT molecular complexity index is 572. The minimum Gasteiger partial charge on any atom is -0.493 e. The number of aliphatic hydroxyl groups is 1. The number of ether oxygens (including phenoxy) is 1. The lowest BCUT2D eigenvalue weighted by atomic mass is 10.0. The molecule has 0 heterocycles. The van der Waals surface area contributed by atoms with Gasteiger partial charge in [0, 0.05) is 13.6 Å². The summed E-state index contributed by atoms with van der Waals surface area (Å²) >= 11 is 5.67. The monoisotopic (exact) mass is 432 g/mol. The van der Waals surface area contributed by atoms with E-state index < -0.39 is 6.10 Å². The number of hydrogen-bond donors (Lipinski definition) is 1. The zero-order chi connectivity index (χ0) is 13.8. The molecule has 2 nitrogen and oxygen atoms in total. The second-order valence-corrected chi connectivity index (χ2v) is 6.12. The third kappa shape index (κ3) is 3.49. The minimum absolute atomic E-state index is 0.583. The highest BCUT2D eigenvalue weighted by molar-refractivity contribution is 14.1. The van der Waals surface area contributed by atoms with Crippen molar-refractivity contribution in [3.63, 3.8) is 0 Å². The third-order valence-electron chi connectivity index (χ3n) is 2.77. The molecule has 100 valence electrons. The van der Waals surface area contributed by atoms with Crippen molar-refractivity contribution in [1.82, 2.24) is 0 Å². The fourth-order valence-electron chi connectivity index (χ4n) is 1.89. The van der Waals surface area contributed by atoms with Crippen LogP contribution in [0.5, 0.6) is 5.75 Å². The number of halogens is 2. The van der Waals surface area contributed by atoms with Crippen LogP contribution in [-0.4, -0.2) is 11.7 Å². The van der Waals surface area contributed by atoms with Gasteiger partial charge in [-0.05, 0) is 59.3 Å². The Morgan fingerprint density at radius 2 is 1.95 bits per heavy atom. The lowest BCUT2D eigenvalue weighted by molar-refractivity contribution is 0.211. The summed E-state index contributed by atoms with van der Waals surface area (Å²) < 4.78 is 7.56. The summed E-state index contributed by atoms with van der Waals surface area (Å²) in [5, 5.41) is 10.6. The summed E-state index contributed by atoms with van der Waals surface area (Å²) in [6.45, 7) is 2.52. The van der Waals surface area contributed by atoms with Gasteiger partial charge in [-0.15, -0.1) is 0 Å². The quantitative estimate of drug-likeness (QED) is 0.719. The SMILES string of the molecule is CCOc1ccccc1C(O)c1cc(Br)ccc1I. The van der Waals surface area contributed by atoms with Crippen LogP contribution in [0.2, 0.25) is 0 Å². The molecule has 0 aliphatic carbocycles. The van der Waals surface area contributed by atoms with E-state index in [1.54, 1.807) is 0 Å². The molecule has 0 aliphatic rings. The molecule has 0 saturated heterocycles. The molecule has 2 aromatic carbocycles. The zero-order valence-electron chi connectivity index (χ0n) is 10.4. The highest BCUT2D eigenvalue weighted by Crippen LogP contribution is 2.33. The molecule has 0 aromatic heterocycles. The van der Waals surface area contributed by atoms with Crippen molar-refractivity contribution in [3.8, 4) is 5.75 Å². The maximum Gasteiger partial charge on any atom is 0.125 e. The molecule has 0 radical (unpaired) electrons. The topological polar surface area (TPSA) is 29.5 Å².